The predicted molar refractivity (Wildman–Crippen MR) is 133 cm³/mol. The molecule has 6 nitrogen and oxygen atoms in total. The third kappa shape index (κ3) is 3.98. The number of rotatable bonds is 5. The number of nitrogens with zero attached hydrogens (tertiary/aromatic N) is 3. The number of halogens is 1. The maximum absolute atomic E-state index is 15.2. The summed E-state index contributed by atoms with van der Waals surface area (Å²) in [6.45, 7) is 7.38. The molecular weight excluding hydrogens is 429 g/mol. The van der Waals surface area contributed by atoms with Crippen molar-refractivity contribution in [3.63, 3.8) is 0 Å². The Morgan fingerprint density at radius 2 is 2.06 bits per heavy atom. The van der Waals surface area contributed by atoms with Gasteiger partial charge in [-0.15, -0.1) is 0 Å². The van der Waals surface area contributed by atoms with Gasteiger partial charge in [0.15, 0.2) is 11.6 Å². The van der Waals surface area contributed by atoms with Gasteiger partial charge in [-0.1, -0.05) is 6.07 Å². The molecule has 6 rings (SSSR count). The van der Waals surface area contributed by atoms with E-state index >= 15 is 4.39 Å². The van der Waals surface area contributed by atoms with Crippen molar-refractivity contribution in [2.75, 3.05) is 29.9 Å². The number of hydrogen-bond acceptors (Lipinski definition) is 6. The van der Waals surface area contributed by atoms with E-state index < -0.39 is 0 Å². The van der Waals surface area contributed by atoms with Crippen LogP contribution in [0, 0.1) is 5.82 Å². The molecule has 2 N–H and O–H groups in total. The number of aromatic nitrogens is 2. The monoisotopic (exact) mass is 459 g/mol. The number of ether oxygens (including phenoxy) is 1. The summed E-state index contributed by atoms with van der Waals surface area (Å²) >= 11 is 0. The van der Waals surface area contributed by atoms with Gasteiger partial charge in [-0.2, -0.15) is 0 Å². The van der Waals surface area contributed by atoms with E-state index in [-0.39, 0.29) is 11.9 Å². The van der Waals surface area contributed by atoms with E-state index in [1.54, 1.807) is 6.07 Å². The summed E-state index contributed by atoms with van der Waals surface area (Å²) in [7, 11) is 0. The zero-order valence-corrected chi connectivity index (χ0v) is 19.7. The number of benzene rings is 2. The first-order chi connectivity index (χ1) is 16.6. The molecule has 2 aromatic carbocycles. The molecule has 7 heteroatoms. The van der Waals surface area contributed by atoms with Crippen LogP contribution in [0.4, 0.5) is 21.7 Å². The zero-order chi connectivity index (χ0) is 23.2. The van der Waals surface area contributed by atoms with Crippen molar-refractivity contribution in [3.05, 3.63) is 59.0 Å². The molecule has 2 aliphatic heterocycles. The normalized spacial score (nSPS) is 17.2. The van der Waals surface area contributed by atoms with Crippen molar-refractivity contribution in [1.82, 2.24) is 15.3 Å². The summed E-state index contributed by atoms with van der Waals surface area (Å²) in [6, 6.07) is 10.3. The molecular formula is C27H30FN5O. The van der Waals surface area contributed by atoms with Crippen molar-refractivity contribution < 1.29 is 9.13 Å². The van der Waals surface area contributed by atoms with E-state index in [0.717, 1.165) is 67.1 Å². The third-order valence-electron chi connectivity index (χ3n) is 6.99. The molecule has 0 bridgehead atoms. The number of anilines is 3. The van der Waals surface area contributed by atoms with Gasteiger partial charge in [0.1, 0.15) is 6.61 Å². The topological polar surface area (TPSA) is 62.3 Å². The molecule has 176 valence electrons. The highest BCUT2D eigenvalue weighted by Crippen LogP contribution is 2.46. The quantitative estimate of drug-likeness (QED) is 0.550. The maximum atomic E-state index is 15.2. The lowest BCUT2D eigenvalue weighted by Gasteiger charge is -2.35. The Hall–Kier alpha value is -3.19. The molecule has 3 aliphatic rings. The summed E-state index contributed by atoms with van der Waals surface area (Å²) in [6.07, 6.45) is 5.17. The SMILES string of the molecule is CC(C)N1CCOc2c(F)cc(-c3nc(Nc4ccc5c(c4)CCNC5)ncc3C3CC3)cc21. The second-order valence-corrected chi connectivity index (χ2v) is 9.75. The molecule has 3 heterocycles. The minimum atomic E-state index is -0.337. The van der Waals surface area contributed by atoms with Gasteiger partial charge in [0, 0.05) is 35.6 Å². The summed E-state index contributed by atoms with van der Waals surface area (Å²) < 4.78 is 20.9. The van der Waals surface area contributed by atoms with E-state index in [1.165, 1.54) is 11.1 Å². The minimum Gasteiger partial charge on any atom is -0.486 e. The summed E-state index contributed by atoms with van der Waals surface area (Å²) in [5.74, 6) is 0.976. The van der Waals surface area contributed by atoms with Crippen LogP contribution in [0.15, 0.2) is 36.5 Å². The Bertz CT molecular complexity index is 1240. The van der Waals surface area contributed by atoms with Gasteiger partial charge in [0.05, 0.1) is 17.9 Å². The minimum absolute atomic E-state index is 0.252. The third-order valence-corrected chi connectivity index (χ3v) is 6.99. The van der Waals surface area contributed by atoms with E-state index in [2.05, 4.69) is 52.6 Å². The fourth-order valence-electron chi connectivity index (χ4n) is 5.03. The Balaban J connectivity index is 1.39. The number of nitrogens with one attached hydrogen (secondary N) is 2. The second-order valence-electron chi connectivity index (χ2n) is 9.75. The molecule has 0 atom stereocenters. The summed E-state index contributed by atoms with van der Waals surface area (Å²) in [5.41, 5.74) is 7.13. The number of hydrogen-bond donors (Lipinski definition) is 2. The van der Waals surface area contributed by atoms with Crippen molar-refractivity contribution in [2.45, 2.75) is 51.6 Å². The van der Waals surface area contributed by atoms with Crippen molar-refractivity contribution in [1.29, 1.82) is 0 Å². The van der Waals surface area contributed by atoms with Crippen molar-refractivity contribution >= 4 is 17.3 Å². The summed E-state index contributed by atoms with van der Waals surface area (Å²) in [5, 5.41) is 6.79. The van der Waals surface area contributed by atoms with Gasteiger partial charge in [-0.05, 0) is 81.0 Å². The van der Waals surface area contributed by atoms with Crippen LogP contribution in [0.1, 0.15) is 49.3 Å². The van der Waals surface area contributed by atoms with Crippen LogP contribution < -0.4 is 20.3 Å². The van der Waals surface area contributed by atoms with Gasteiger partial charge in [0.2, 0.25) is 5.95 Å². The van der Waals surface area contributed by atoms with Gasteiger partial charge in [-0.3, -0.25) is 0 Å². The van der Waals surface area contributed by atoms with E-state index in [4.69, 9.17) is 9.72 Å². The van der Waals surface area contributed by atoms with Crippen LogP contribution >= 0.6 is 0 Å². The van der Waals surface area contributed by atoms with Crippen molar-refractivity contribution in [2.24, 2.45) is 0 Å². The van der Waals surface area contributed by atoms with Crippen LogP contribution in [-0.4, -0.2) is 35.7 Å². The molecule has 0 saturated heterocycles. The Morgan fingerprint density at radius 3 is 2.88 bits per heavy atom. The smallest absolute Gasteiger partial charge is 0.227 e. The Kier molecular flexibility index (Phi) is 5.37. The van der Waals surface area contributed by atoms with E-state index in [9.17, 15) is 0 Å². The standard InChI is InChI=1S/C27H30FN5O/c1-16(2)33-9-10-34-26-23(28)12-20(13-24(26)33)25-22(17-3-4-17)15-30-27(32-25)31-21-6-5-19-14-29-8-7-18(19)11-21/h5-6,11-13,15-17,29H,3-4,7-10,14H2,1-2H3,(H,30,31,32). The molecule has 1 aliphatic carbocycles. The first kappa shape index (κ1) is 21.4. The van der Waals surface area contributed by atoms with Gasteiger partial charge < -0.3 is 20.3 Å². The molecule has 0 unspecified atom stereocenters. The highest BCUT2D eigenvalue weighted by molar-refractivity contribution is 5.75. The molecule has 0 spiro atoms. The molecule has 0 radical (unpaired) electrons. The molecule has 0 amide bonds. The Morgan fingerprint density at radius 1 is 1.18 bits per heavy atom. The Labute approximate surface area is 199 Å². The average molecular weight is 460 g/mol. The predicted octanol–water partition coefficient (Wildman–Crippen LogP) is 5.16. The fourth-order valence-corrected chi connectivity index (χ4v) is 5.03. The van der Waals surface area contributed by atoms with Crippen LogP contribution in [0.3, 0.4) is 0 Å². The fraction of sp³-hybridized carbons (Fsp3) is 0.407. The molecule has 34 heavy (non-hydrogen) atoms. The molecule has 1 fully saturated rings. The van der Waals surface area contributed by atoms with Crippen LogP contribution in [0.25, 0.3) is 11.3 Å². The highest BCUT2D eigenvalue weighted by Gasteiger charge is 2.30. The zero-order valence-electron chi connectivity index (χ0n) is 19.7. The molecule has 1 aromatic heterocycles. The van der Waals surface area contributed by atoms with E-state index in [1.807, 2.05) is 12.3 Å². The maximum Gasteiger partial charge on any atom is 0.227 e. The molecule has 1 saturated carbocycles. The summed E-state index contributed by atoms with van der Waals surface area (Å²) in [4.78, 5) is 11.7. The van der Waals surface area contributed by atoms with E-state index in [0.29, 0.717) is 24.2 Å². The first-order valence-corrected chi connectivity index (χ1v) is 12.3. The lowest BCUT2D eigenvalue weighted by molar-refractivity contribution is 0.287. The number of fused-ring (bicyclic) bond motifs is 2. The first-order valence-electron chi connectivity index (χ1n) is 12.3. The molecule has 3 aromatic rings. The van der Waals surface area contributed by atoms with Crippen LogP contribution in [0.5, 0.6) is 5.75 Å². The van der Waals surface area contributed by atoms with Gasteiger partial charge >= 0.3 is 0 Å². The largest absolute Gasteiger partial charge is 0.486 e. The van der Waals surface area contributed by atoms with Crippen LogP contribution in [0.2, 0.25) is 0 Å². The highest BCUT2D eigenvalue weighted by atomic mass is 19.1. The second kappa shape index (κ2) is 8.55. The lowest BCUT2D eigenvalue weighted by atomic mass is 10.0. The van der Waals surface area contributed by atoms with Crippen LogP contribution in [-0.2, 0) is 13.0 Å². The lowest BCUT2D eigenvalue weighted by Crippen LogP contribution is -2.38. The van der Waals surface area contributed by atoms with Gasteiger partial charge in [0.25, 0.3) is 0 Å². The van der Waals surface area contributed by atoms with Gasteiger partial charge in [-0.25, -0.2) is 14.4 Å². The average Bonchev–Trinajstić information content (AvgIpc) is 3.69. The van der Waals surface area contributed by atoms with Crippen molar-refractivity contribution in [3.8, 4) is 17.0 Å².